The van der Waals surface area contributed by atoms with Gasteiger partial charge in [0.1, 0.15) is 6.04 Å². The number of para-hydroxylation sites is 1. The van der Waals surface area contributed by atoms with Crippen LogP contribution in [0.25, 0.3) is 0 Å². The molecule has 1 N–H and O–H groups in total. The number of carbonyl (C=O) groups excluding carboxylic acids is 2. The molecule has 3 rings (SSSR count). The molecule has 8 heteroatoms. The van der Waals surface area contributed by atoms with Crippen LogP contribution in [0.2, 0.25) is 5.02 Å². The number of hydrogen-bond donors (Lipinski definition) is 1. The van der Waals surface area contributed by atoms with E-state index in [0.717, 1.165) is 11.1 Å². The third-order valence-corrected chi connectivity index (χ3v) is 5.63. The maximum absolute atomic E-state index is 13.6. The molecule has 1 unspecified atom stereocenters. The summed E-state index contributed by atoms with van der Waals surface area (Å²) in [5.41, 5.74) is 1.82. The first-order chi connectivity index (χ1) is 16.4. The number of likely N-dealkylation sites (N-methyl/N-ethyl adjacent to an activating group) is 1. The number of halogens is 1. The van der Waals surface area contributed by atoms with Gasteiger partial charge in [0, 0.05) is 36.2 Å². The Labute approximate surface area is 203 Å². The minimum Gasteiger partial charge on any atom is -0.355 e. The molecule has 0 spiro atoms. The number of benzene rings is 3. The summed E-state index contributed by atoms with van der Waals surface area (Å²) in [5, 5.41) is 14.8. The summed E-state index contributed by atoms with van der Waals surface area (Å²) >= 11 is 6.16. The van der Waals surface area contributed by atoms with Gasteiger partial charge >= 0.3 is 0 Å². The third-order valence-electron chi connectivity index (χ3n) is 5.39. The summed E-state index contributed by atoms with van der Waals surface area (Å²) < 4.78 is 0. The Bertz CT molecular complexity index is 1150. The summed E-state index contributed by atoms with van der Waals surface area (Å²) in [4.78, 5) is 39.2. The molecule has 0 fully saturated rings. The lowest BCUT2D eigenvalue weighted by atomic mass is 10.0. The van der Waals surface area contributed by atoms with Crippen molar-refractivity contribution in [3.05, 3.63) is 111 Å². The lowest BCUT2D eigenvalue weighted by molar-refractivity contribution is -0.385. The monoisotopic (exact) mass is 479 g/mol. The molecule has 0 saturated carbocycles. The highest BCUT2D eigenvalue weighted by Crippen LogP contribution is 2.22. The Morgan fingerprint density at radius 1 is 1.00 bits per heavy atom. The molecular formula is C26H26ClN3O4. The first kappa shape index (κ1) is 24.9. The van der Waals surface area contributed by atoms with E-state index in [0.29, 0.717) is 23.6 Å². The van der Waals surface area contributed by atoms with Gasteiger partial charge in [0.05, 0.1) is 11.3 Å². The second-order valence-corrected chi connectivity index (χ2v) is 8.25. The molecule has 7 nitrogen and oxygen atoms in total. The molecule has 0 heterocycles. The fraction of sp³-hybridized carbons (Fsp3) is 0.231. The zero-order valence-electron chi connectivity index (χ0n) is 18.8. The molecule has 1 atom stereocenters. The molecule has 0 radical (unpaired) electrons. The van der Waals surface area contributed by atoms with Gasteiger partial charge in [-0.05, 0) is 30.2 Å². The summed E-state index contributed by atoms with van der Waals surface area (Å²) in [5.74, 6) is -0.675. The average Bonchev–Trinajstić information content (AvgIpc) is 2.82. The van der Waals surface area contributed by atoms with Crippen LogP contribution in [0.5, 0.6) is 0 Å². The van der Waals surface area contributed by atoms with Gasteiger partial charge in [0.25, 0.3) is 5.69 Å². The zero-order chi connectivity index (χ0) is 24.5. The van der Waals surface area contributed by atoms with Gasteiger partial charge in [-0.3, -0.25) is 19.7 Å². The van der Waals surface area contributed by atoms with E-state index in [1.807, 2.05) is 43.3 Å². The largest absolute Gasteiger partial charge is 0.355 e. The van der Waals surface area contributed by atoms with Crippen LogP contribution in [0.1, 0.15) is 23.6 Å². The SMILES string of the molecule is CCNC(=O)C(Cc1ccccc1)N(Cc1cccc(Cl)c1)C(=O)Cc1ccccc1[N+](=O)[O-]. The van der Waals surface area contributed by atoms with Crippen molar-refractivity contribution in [2.24, 2.45) is 0 Å². The number of nitrogens with zero attached hydrogens (tertiary/aromatic N) is 2. The average molecular weight is 480 g/mol. The quantitative estimate of drug-likeness (QED) is 0.340. The smallest absolute Gasteiger partial charge is 0.273 e. The van der Waals surface area contributed by atoms with E-state index in [1.54, 1.807) is 36.4 Å². The van der Waals surface area contributed by atoms with Gasteiger partial charge < -0.3 is 10.2 Å². The van der Waals surface area contributed by atoms with Crippen LogP contribution in [0.15, 0.2) is 78.9 Å². The Kier molecular flexibility index (Phi) is 8.76. The Balaban J connectivity index is 2.00. The van der Waals surface area contributed by atoms with Gasteiger partial charge in [0.2, 0.25) is 11.8 Å². The van der Waals surface area contributed by atoms with Crippen LogP contribution in [0.3, 0.4) is 0 Å². The van der Waals surface area contributed by atoms with E-state index in [4.69, 9.17) is 11.6 Å². The second kappa shape index (κ2) is 12.0. The van der Waals surface area contributed by atoms with Crippen molar-refractivity contribution in [2.75, 3.05) is 6.54 Å². The lowest BCUT2D eigenvalue weighted by Crippen LogP contribution is -2.51. The summed E-state index contributed by atoms with van der Waals surface area (Å²) in [7, 11) is 0. The number of nitro groups is 1. The number of nitrogens with one attached hydrogen (secondary N) is 1. The first-order valence-corrected chi connectivity index (χ1v) is 11.3. The summed E-state index contributed by atoms with van der Waals surface area (Å²) in [6.45, 7) is 2.36. The maximum atomic E-state index is 13.6. The summed E-state index contributed by atoms with van der Waals surface area (Å²) in [6, 6.07) is 21.8. The van der Waals surface area contributed by atoms with E-state index in [9.17, 15) is 19.7 Å². The number of hydrogen-bond acceptors (Lipinski definition) is 4. The van der Waals surface area contributed by atoms with E-state index in [1.165, 1.54) is 11.0 Å². The molecule has 176 valence electrons. The Morgan fingerprint density at radius 2 is 1.68 bits per heavy atom. The van der Waals surface area contributed by atoms with Crippen molar-refractivity contribution in [1.82, 2.24) is 10.2 Å². The van der Waals surface area contributed by atoms with Crippen LogP contribution in [0.4, 0.5) is 5.69 Å². The van der Waals surface area contributed by atoms with E-state index in [2.05, 4.69) is 5.32 Å². The molecule has 0 bridgehead atoms. The van der Waals surface area contributed by atoms with Gasteiger partial charge in [0.15, 0.2) is 0 Å². The van der Waals surface area contributed by atoms with Crippen molar-refractivity contribution in [3.63, 3.8) is 0 Å². The summed E-state index contributed by atoms with van der Waals surface area (Å²) in [6.07, 6.45) is 0.0955. The van der Waals surface area contributed by atoms with E-state index < -0.39 is 11.0 Å². The fourth-order valence-corrected chi connectivity index (χ4v) is 3.99. The molecule has 0 saturated heterocycles. The van der Waals surface area contributed by atoms with E-state index in [-0.39, 0.29) is 30.5 Å². The highest BCUT2D eigenvalue weighted by atomic mass is 35.5. The molecule has 3 aromatic rings. The van der Waals surface area contributed by atoms with Crippen LogP contribution < -0.4 is 5.32 Å². The van der Waals surface area contributed by atoms with Gasteiger partial charge in [-0.1, -0.05) is 72.3 Å². The van der Waals surface area contributed by atoms with Gasteiger partial charge in [-0.25, -0.2) is 0 Å². The third kappa shape index (κ3) is 6.65. The predicted molar refractivity (Wildman–Crippen MR) is 131 cm³/mol. The van der Waals surface area contributed by atoms with Crippen molar-refractivity contribution >= 4 is 29.1 Å². The molecule has 0 aromatic heterocycles. The lowest BCUT2D eigenvalue weighted by Gasteiger charge is -2.31. The number of carbonyl (C=O) groups is 2. The van der Waals surface area contributed by atoms with Crippen molar-refractivity contribution < 1.29 is 14.5 Å². The van der Waals surface area contributed by atoms with Crippen molar-refractivity contribution in [1.29, 1.82) is 0 Å². The number of rotatable bonds is 10. The highest BCUT2D eigenvalue weighted by molar-refractivity contribution is 6.30. The van der Waals surface area contributed by atoms with Gasteiger partial charge in [-0.15, -0.1) is 0 Å². The minimum atomic E-state index is -0.809. The molecule has 34 heavy (non-hydrogen) atoms. The van der Waals surface area contributed by atoms with E-state index >= 15 is 0 Å². The molecule has 3 aromatic carbocycles. The Hall–Kier alpha value is -3.71. The van der Waals surface area contributed by atoms with Crippen molar-refractivity contribution in [3.8, 4) is 0 Å². The normalized spacial score (nSPS) is 11.5. The number of nitro benzene ring substituents is 1. The molecule has 0 aliphatic heterocycles. The fourth-order valence-electron chi connectivity index (χ4n) is 3.78. The second-order valence-electron chi connectivity index (χ2n) is 7.81. The van der Waals surface area contributed by atoms with Crippen LogP contribution in [-0.2, 0) is 29.0 Å². The topological polar surface area (TPSA) is 92.6 Å². The van der Waals surface area contributed by atoms with Gasteiger partial charge in [-0.2, -0.15) is 0 Å². The molecular weight excluding hydrogens is 454 g/mol. The highest BCUT2D eigenvalue weighted by Gasteiger charge is 2.31. The van der Waals surface area contributed by atoms with Crippen LogP contribution in [0, 0.1) is 10.1 Å². The molecule has 2 amide bonds. The maximum Gasteiger partial charge on any atom is 0.273 e. The molecule has 0 aliphatic rings. The zero-order valence-corrected chi connectivity index (χ0v) is 19.6. The first-order valence-electron chi connectivity index (χ1n) is 11.0. The predicted octanol–water partition coefficient (Wildman–Crippen LogP) is 4.57. The van der Waals surface area contributed by atoms with Crippen molar-refractivity contribution in [2.45, 2.75) is 32.4 Å². The van der Waals surface area contributed by atoms with Crippen LogP contribution in [-0.4, -0.2) is 34.2 Å². The minimum absolute atomic E-state index is 0.129. The standard InChI is InChI=1S/C26H26ClN3O4/c1-2-28-26(32)24(16-19-9-4-3-5-10-19)29(18-20-11-8-13-22(27)15-20)25(31)17-21-12-6-7-14-23(21)30(33)34/h3-15,24H,2,16-18H2,1H3,(H,28,32). The number of amides is 2. The molecule has 0 aliphatic carbocycles. The van der Waals surface area contributed by atoms with Crippen LogP contribution >= 0.6 is 11.6 Å². The Morgan fingerprint density at radius 3 is 2.35 bits per heavy atom.